The van der Waals surface area contributed by atoms with Gasteiger partial charge in [0.05, 0.1) is 26.8 Å². The molecule has 0 fully saturated rings. The van der Waals surface area contributed by atoms with E-state index >= 15 is 0 Å². The number of nitrogens with one attached hydrogen (secondary N) is 1. The van der Waals surface area contributed by atoms with Gasteiger partial charge in [-0.05, 0) is 18.2 Å². The summed E-state index contributed by atoms with van der Waals surface area (Å²) in [6.07, 6.45) is 1.68. The highest BCUT2D eigenvalue weighted by Gasteiger charge is 2.14. The number of ether oxygens (including phenoxy) is 3. The Bertz CT molecular complexity index is 855. The number of nitrogens with zero attached hydrogens (tertiary/aromatic N) is 1. The molecule has 0 unspecified atom stereocenters. The number of phenolic OH excluding ortho intramolecular Hbond substituents is 1. The van der Waals surface area contributed by atoms with Crippen LogP contribution in [0.25, 0.3) is 10.9 Å². The second kappa shape index (κ2) is 6.54. The molecule has 3 aromatic rings. The van der Waals surface area contributed by atoms with Gasteiger partial charge in [0, 0.05) is 41.2 Å². The van der Waals surface area contributed by atoms with Crippen LogP contribution in [0.3, 0.4) is 0 Å². The predicted octanol–water partition coefficient (Wildman–Crippen LogP) is 3.71. The fourth-order valence-electron chi connectivity index (χ4n) is 2.55. The SMILES string of the molecule is COc1cc(Nc2ccnc3cc(O)ccc23)cc(OC)c1OC. The topological polar surface area (TPSA) is 72.8 Å². The Morgan fingerprint density at radius 2 is 1.62 bits per heavy atom. The van der Waals surface area contributed by atoms with Gasteiger partial charge in [-0.25, -0.2) is 0 Å². The maximum absolute atomic E-state index is 9.60. The summed E-state index contributed by atoms with van der Waals surface area (Å²) in [4.78, 5) is 4.27. The van der Waals surface area contributed by atoms with Crippen LogP contribution >= 0.6 is 0 Å². The number of benzene rings is 2. The summed E-state index contributed by atoms with van der Waals surface area (Å²) in [6, 6.07) is 10.6. The minimum atomic E-state index is 0.180. The summed E-state index contributed by atoms with van der Waals surface area (Å²) in [5.41, 5.74) is 2.34. The predicted molar refractivity (Wildman–Crippen MR) is 92.8 cm³/mol. The normalized spacial score (nSPS) is 10.5. The van der Waals surface area contributed by atoms with E-state index in [1.165, 1.54) is 0 Å². The summed E-state index contributed by atoms with van der Waals surface area (Å²) in [5, 5.41) is 13.8. The Hall–Kier alpha value is -3.15. The molecule has 2 aromatic carbocycles. The van der Waals surface area contributed by atoms with Gasteiger partial charge in [-0.2, -0.15) is 0 Å². The maximum atomic E-state index is 9.60. The number of fused-ring (bicyclic) bond motifs is 1. The first-order valence-corrected chi connectivity index (χ1v) is 7.31. The molecule has 0 radical (unpaired) electrons. The van der Waals surface area contributed by atoms with Gasteiger partial charge in [-0.15, -0.1) is 0 Å². The average Bonchev–Trinajstić information content (AvgIpc) is 2.60. The third-order valence-electron chi connectivity index (χ3n) is 3.67. The number of pyridine rings is 1. The summed E-state index contributed by atoms with van der Waals surface area (Å²) < 4.78 is 16.1. The van der Waals surface area contributed by atoms with Crippen LogP contribution in [0.5, 0.6) is 23.0 Å². The number of rotatable bonds is 5. The van der Waals surface area contributed by atoms with Crippen LogP contribution < -0.4 is 19.5 Å². The van der Waals surface area contributed by atoms with Crippen molar-refractivity contribution in [1.82, 2.24) is 4.98 Å². The van der Waals surface area contributed by atoms with Crippen LogP contribution in [0.2, 0.25) is 0 Å². The van der Waals surface area contributed by atoms with E-state index in [2.05, 4.69) is 10.3 Å². The van der Waals surface area contributed by atoms with E-state index in [1.54, 1.807) is 39.7 Å². The lowest BCUT2D eigenvalue weighted by Crippen LogP contribution is -1.98. The van der Waals surface area contributed by atoms with E-state index in [0.717, 1.165) is 16.8 Å². The molecule has 0 amide bonds. The molecule has 0 saturated heterocycles. The van der Waals surface area contributed by atoms with E-state index in [4.69, 9.17) is 14.2 Å². The number of methoxy groups -OCH3 is 3. The van der Waals surface area contributed by atoms with Gasteiger partial charge < -0.3 is 24.6 Å². The van der Waals surface area contributed by atoms with E-state index in [9.17, 15) is 5.11 Å². The summed E-state index contributed by atoms with van der Waals surface area (Å²) in [7, 11) is 4.72. The van der Waals surface area contributed by atoms with Crippen LogP contribution in [0.4, 0.5) is 11.4 Å². The quantitative estimate of drug-likeness (QED) is 0.744. The lowest BCUT2D eigenvalue weighted by atomic mass is 10.1. The zero-order valence-electron chi connectivity index (χ0n) is 13.7. The third kappa shape index (κ3) is 2.86. The van der Waals surface area contributed by atoms with Crippen LogP contribution in [0.15, 0.2) is 42.6 Å². The molecule has 0 bridgehead atoms. The van der Waals surface area contributed by atoms with Gasteiger partial charge in [-0.1, -0.05) is 0 Å². The number of anilines is 2. The minimum Gasteiger partial charge on any atom is -0.508 e. The van der Waals surface area contributed by atoms with Gasteiger partial charge in [0.15, 0.2) is 11.5 Å². The van der Waals surface area contributed by atoms with Gasteiger partial charge >= 0.3 is 0 Å². The minimum absolute atomic E-state index is 0.180. The van der Waals surface area contributed by atoms with Crippen molar-refractivity contribution in [3.05, 3.63) is 42.6 Å². The number of aromatic hydroxyl groups is 1. The van der Waals surface area contributed by atoms with E-state index < -0.39 is 0 Å². The van der Waals surface area contributed by atoms with Gasteiger partial charge in [0.25, 0.3) is 0 Å². The van der Waals surface area contributed by atoms with E-state index in [0.29, 0.717) is 22.8 Å². The van der Waals surface area contributed by atoms with E-state index in [-0.39, 0.29) is 5.75 Å². The molecule has 6 nitrogen and oxygen atoms in total. The molecule has 1 heterocycles. The van der Waals surface area contributed by atoms with Gasteiger partial charge in [0.2, 0.25) is 5.75 Å². The summed E-state index contributed by atoms with van der Waals surface area (Å²) in [5.74, 6) is 1.85. The first kappa shape index (κ1) is 15.7. The molecule has 6 heteroatoms. The standard InChI is InChI=1S/C18H18N2O4/c1-22-16-8-11(9-17(23-2)18(16)24-3)20-14-6-7-19-15-10-12(21)4-5-13(14)15/h4-10,21H,1-3H3,(H,19,20). The Morgan fingerprint density at radius 1 is 0.917 bits per heavy atom. The van der Waals surface area contributed by atoms with Crippen molar-refractivity contribution in [2.45, 2.75) is 0 Å². The molecule has 2 N–H and O–H groups in total. The van der Waals surface area contributed by atoms with E-state index in [1.807, 2.05) is 24.3 Å². The lowest BCUT2D eigenvalue weighted by Gasteiger charge is -2.16. The summed E-state index contributed by atoms with van der Waals surface area (Å²) in [6.45, 7) is 0. The van der Waals surface area contributed by atoms with Crippen molar-refractivity contribution in [1.29, 1.82) is 0 Å². The summed E-state index contributed by atoms with van der Waals surface area (Å²) >= 11 is 0. The number of hydrogen-bond donors (Lipinski definition) is 2. The molecule has 1 aromatic heterocycles. The molecule has 0 aliphatic heterocycles. The number of phenols is 1. The van der Waals surface area contributed by atoms with Crippen molar-refractivity contribution in [3.63, 3.8) is 0 Å². The van der Waals surface area contributed by atoms with Crippen molar-refractivity contribution in [2.75, 3.05) is 26.6 Å². The smallest absolute Gasteiger partial charge is 0.203 e. The lowest BCUT2D eigenvalue weighted by molar-refractivity contribution is 0.324. The highest BCUT2D eigenvalue weighted by molar-refractivity contribution is 5.93. The molecule has 0 aliphatic rings. The molecule has 0 aliphatic carbocycles. The molecule has 0 saturated carbocycles. The first-order chi connectivity index (χ1) is 11.7. The fourth-order valence-corrected chi connectivity index (χ4v) is 2.55. The Labute approximate surface area is 139 Å². The maximum Gasteiger partial charge on any atom is 0.203 e. The van der Waals surface area contributed by atoms with Crippen LogP contribution in [-0.4, -0.2) is 31.4 Å². The molecular weight excluding hydrogens is 308 g/mol. The van der Waals surface area contributed by atoms with Crippen LogP contribution in [-0.2, 0) is 0 Å². The third-order valence-corrected chi connectivity index (χ3v) is 3.67. The number of hydrogen-bond acceptors (Lipinski definition) is 6. The molecular formula is C18H18N2O4. The Balaban J connectivity index is 2.05. The first-order valence-electron chi connectivity index (χ1n) is 7.31. The molecule has 124 valence electrons. The highest BCUT2D eigenvalue weighted by atomic mass is 16.5. The molecule has 0 atom stereocenters. The molecule has 3 rings (SSSR count). The second-order valence-electron chi connectivity index (χ2n) is 5.10. The van der Waals surface area contributed by atoms with Crippen molar-refractivity contribution in [3.8, 4) is 23.0 Å². The highest BCUT2D eigenvalue weighted by Crippen LogP contribution is 2.41. The molecule has 0 spiro atoms. The Morgan fingerprint density at radius 3 is 2.25 bits per heavy atom. The monoisotopic (exact) mass is 326 g/mol. The van der Waals surface area contributed by atoms with Crippen molar-refractivity contribution in [2.24, 2.45) is 0 Å². The largest absolute Gasteiger partial charge is 0.508 e. The fraction of sp³-hybridized carbons (Fsp3) is 0.167. The zero-order valence-corrected chi connectivity index (χ0v) is 13.7. The van der Waals surface area contributed by atoms with Crippen LogP contribution in [0, 0.1) is 0 Å². The zero-order chi connectivity index (χ0) is 17.1. The second-order valence-corrected chi connectivity index (χ2v) is 5.10. The average molecular weight is 326 g/mol. The van der Waals surface area contributed by atoms with Crippen molar-refractivity contribution >= 4 is 22.3 Å². The number of aromatic nitrogens is 1. The van der Waals surface area contributed by atoms with Crippen molar-refractivity contribution < 1.29 is 19.3 Å². The van der Waals surface area contributed by atoms with Gasteiger partial charge in [0.1, 0.15) is 5.75 Å². The van der Waals surface area contributed by atoms with Crippen LogP contribution in [0.1, 0.15) is 0 Å². The Kier molecular flexibility index (Phi) is 4.29. The molecule has 24 heavy (non-hydrogen) atoms. The van der Waals surface area contributed by atoms with Gasteiger partial charge in [-0.3, -0.25) is 4.98 Å².